The van der Waals surface area contributed by atoms with Crippen LogP contribution >= 0.6 is 0 Å². The number of rotatable bonds is 6. The summed E-state index contributed by atoms with van der Waals surface area (Å²) < 4.78 is 0. The maximum absolute atomic E-state index is 11.9. The number of nitrogens with zero attached hydrogens (tertiary/aromatic N) is 3. The first kappa shape index (κ1) is 18.5. The van der Waals surface area contributed by atoms with Gasteiger partial charge in [-0.05, 0) is 28.7 Å². The minimum absolute atomic E-state index is 0.448. The number of benzene rings is 1. The number of carbonyl (C=O) groups is 1. The lowest BCUT2D eigenvalue weighted by Gasteiger charge is -2.37. The van der Waals surface area contributed by atoms with Gasteiger partial charge in [0.2, 0.25) is 0 Å². The quantitative estimate of drug-likeness (QED) is 0.865. The Bertz CT molecular complexity index is 708. The third kappa shape index (κ3) is 4.48. The van der Waals surface area contributed by atoms with Crippen molar-refractivity contribution in [2.75, 3.05) is 26.2 Å². The summed E-state index contributed by atoms with van der Waals surface area (Å²) in [4.78, 5) is 20.5. The molecule has 26 heavy (non-hydrogen) atoms. The highest BCUT2D eigenvalue weighted by Crippen LogP contribution is 2.25. The first-order valence-corrected chi connectivity index (χ1v) is 9.22. The van der Waals surface area contributed by atoms with Crippen molar-refractivity contribution in [2.45, 2.75) is 32.4 Å². The molecule has 1 fully saturated rings. The molecule has 1 aliphatic rings. The van der Waals surface area contributed by atoms with E-state index in [0.29, 0.717) is 5.92 Å². The van der Waals surface area contributed by atoms with Crippen LogP contribution in [0, 0.1) is 0 Å². The smallest absolute Gasteiger partial charge is 0.325 e. The number of aliphatic carboxylic acids is 1. The molecule has 0 radical (unpaired) electrons. The van der Waals surface area contributed by atoms with Crippen LogP contribution in [0.1, 0.15) is 42.5 Å². The van der Waals surface area contributed by atoms with Crippen molar-refractivity contribution in [1.29, 1.82) is 0 Å². The Kier molecular flexibility index (Phi) is 6.01. The van der Waals surface area contributed by atoms with Crippen LogP contribution < -0.4 is 0 Å². The second-order valence-corrected chi connectivity index (χ2v) is 7.24. The van der Waals surface area contributed by atoms with Crippen molar-refractivity contribution in [1.82, 2.24) is 14.8 Å². The molecule has 0 saturated carbocycles. The lowest BCUT2D eigenvalue weighted by Crippen LogP contribution is -2.48. The summed E-state index contributed by atoms with van der Waals surface area (Å²) in [6.45, 7) is 8.39. The average molecular weight is 353 g/mol. The number of pyridine rings is 1. The van der Waals surface area contributed by atoms with E-state index in [0.717, 1.165) is 38.3 Å². The standard InChI is InChI=1S/C21H27N3O2/c1-16(2)18-5-7-19(8-6-18)20(21(25)26)24-12-10-23(11-13-24)15-17-4-3-9-22-14-17/h3-9,14,16,20H,10-13,15H2,1-2H3,(H,25,26)/t20-/m1/s1. The third-order valence-corrected chi connectivity index (χ3v) is 5.05. The fraction of sp³-hybridized carbons (Fsp3) is 0.429. The second kappa shape index (κ2) is 8.43. The van der Waals surface area contributed by atoms with Gasteiger partial charge in [-0.2, -0.15) is 0 Å². The van der Waals surface area contributed by atoms with E-state index in [1.165, 1.54) is 11.1 Å². The van der Waals surface area contributed by atoms with Crippen molar-refractivity contribution in [3.05, 3.63) is 65.5 Å². The van der Waals surface area contributed by atoms with E-state index in [1.807, 2.05) is 24.4 Å². The Balaban J connectivity index is 1.64. The molecule has 2 aromatic rings. The SMILES string of the molecule is CC(C)c1ccc([C@H](C(=O)O)N2CCN(Cc3cccnc3)CC2)cc1. The molecule has 0 bridgehead atoms. The van der Waals surface area contributed by atoms with Gasteiger partial charge < -0.3 is 5.11 Å². The number of carboxylic acid groups (broad SMARTS) is 1. The number of hydrogen-bond acceptors (Lipinski definition) is 4. The summed E-state index contributed by atoms with van der Waals surface area (Å²) >= 11 is 0. The molecule has 1 N–H and O–H groups in total. The number of hydrogen-bond donors (Lipinski definition) is 1. The third-order valence-electron chi connectivity index (χ3n) is 5.05. The van der Waals surface area contributed by atoms with Crippen LogP contribution in [0.3, 0.4) is 0 Å². The number of carboxylic acids is 1. The van der Waals surface area contributed by atoms with Crippen molar-refractivity contribution < 1.29 is 9.90 Å². The van der Waals surface area contributed by atoms with E-state index in [9.17, 15) is 9.90 Å². The zero-order valence-corrected chi connectivity index (χ0v) is 15.5. The van der Waals surface area contributed by atoms with Crippen LogP contribution in [0.25, 0.3) is 0 Å². The van der Waals surface area contributed by atoms with Gasteiger partial charge in [-0.1, -0.05) is 44.2 Å². The lowest BCUT2D eigenvalue weighted by atomic mass is 9.98. The average Bonchev–Trinajstić information content (AvgIpc) is 2.64. The Hall–Kier alpha value is -2.24. The van der Waals surface area contributed by atoms with Gasteiger partial charge in [-0.15, -0.1) is 0 Å². The van der Waals surface area contributed by atoms with E-state index >= 15 is 0 Å². The van der Waals surface area contributed by atoms with Gasteiger partial charge in [0.15, 0.2) is 0 Å². The highest BCUT2D eigenvalue weighted by molar-refractivity contribution is 5.75. The monoisotopic (exact) mass is 353 g/mol. The maximum Gasteiger partial charge on any atom is 0.325 e. The fourth-order valence-corrected chi connectivity index (χ4v) is 3.50. The molecule has 0 aliphatic carbocycles. The fourth-order valence-electron chi connectivity index (χ4n) is 3.50. The molecule has 1 aromatic carbocycles. The number of piperazine rings is 1. The molecular formula is C21H27N3O2. The highest BCUT2D eigenvalue weighted by atomic mass is 16.4. The molecule has 3 rings (SSSR count). The van der Waals surface area contributed by atoms with Gasteiger partial charge >= 0.3 is 5.97 Å². The Morgan fingerprint density at radius 1 is 1.08 bits per heavy atom. The summed E-state index contributed by atoms with van der Waals surface area (Å²) in [5.74, 6) is -0.327. The molecular weight excluding hydrogens is 326 g/mol. The maximum atomic E-state index is 11.9. The zero-order valence-electron chi connectivity index (χ0n) is 15.5. The number of aromatic nitrogens is 1. The van der Waals surface area contributed by atoms with Crippen molar-refractivity contribution in [3.8, 4) is 0 Å². The van der Waals surface area contributed by atoms with Gasteiger partial charge in [0.25, 0.3) is 0 Å². The van der Waals surface area contributed by atoms with Gasteiger partial charge in [0.05, 0.1) is 0 Å². The van der Waals surface area contributed by atoms with Crippen molar-refractivity contribution in [2.24, 2.45) is 0 Å². The molecule has 5 heteroatoms. The molecule has 0 unspecified atom stereocenters. The predicted octanol–water partition coefficient (Wildman–Crippen LogP) is 3.15. The summed E-state index contributed by atoms with van der Waals surface area (Å²) in [6, 6.07) is 11.5. The van der Waals surface area contributed by atoms with E-state index in [1.54, 1.807) is 6.20 Å². The molecule has 0 amide bonds. The zero-order chi connectivity index (χ0) is 18.5. The summed E-state index contributed by atoms with van der Waals surface area (Å²) in [5, 5.41) is 9.79. The predicted molar refractivity (Wildman–Crippen MR) is 102 cm³/mol. The molecule has 1 atom stereocenters. The minimum atomic E-state index is -0.775. The molecule has 2 heterocycles. The van der Waals surface area contributed by atoms with Crippen LogP contribution in [0.5, 0.6) is 0 Å². The largest absolute Gasteiger partial charge is 0.480 e. The minimum Gasteiger partial charge on any atom is -0.480 e. The molecule has 0 spiro atoms. The van der Waals surface area contributed by atoms with Gasteiger partial charge in [-0.3, -0.25) is 19.6 Å². The first-order valence-electron chi connectivity index (χ1n) is 9.22. The van der Waals surface area contributed by atoms with Crippen molar-refractivity contribution in [3.63, 3.8) is 0 Å². The molecule has 1 saturated heterocycles. The van der Waals surface area contributed by atoms with Crippen LogP contribution in [0.15, 0.2) is 48.8 Å². The topological polar surface area (TPSA) is 56.7 Å². The van der Waals surface area contributed by atoms with Crippen LogP contribution in [-0.2, 0) is 11.3 Å². The molecule has 1 aliphatic heterocycles. The van der Waals surface area contributed by atoms with E-state index in [-0.39, 0.29) is 0 Å². The highest BCUT2D eigenvalue weighted by Gasteiger charge is 2.30. The van der Waals surface area contributed by atoms with Crippen LogP contribution in [-0.4, -0.2) is 52.0 Å². The van der Waals surface area contributed by atoms with Gasteiger partial charge in [-0.25, -0.2) is 0 Å². The van der Waals surface area contributed by atoms with Gasteiger partial charge in [0.1, 0.15) is 6.04 Å². The van der Waals surface area contributed by atoms with E-state index in [2.05, 4.69) is 46.8 Å². The van der Waals surface area contributed by atoms with E-state index < -0.39 is 12.0 Å². The molecule has 138 valence electrons. The Morgan fingerprint density at radius 2 is 1.73 bits per heavy atom. The normalized spacial score (nSPS) is 17.3. The first-order chi connectivity index (χ1) is 12.5. The Labute approximate surface area is 155 Å². The van der Waals surface area contributed by atoms with Crippen molar-refractivity contribution >= 4 is 5.97 Å². The summed E-state index contributed by atoms with van der Waals surface area (Å²) in [5.41, 5.74) is 3.29. The van der Waals surface area contributed by atoms with Crippen LogP contribution in [0.4, 0.5) is 0 Å². The van der Waals surface area contributed by atoms with Gasteiger partial charge in [0, 0.05) is 45.1 Å². The summed E-state index contributed by atoms with van der Waals surface area (Å²) in [7, 11) is 0. The Morgan fingerprint density at radius 3 is 2.27 bits per heavy atom. The molecule has 5 nitrogen and oxygen atoms in total. The molecule has 1 aromatic heterocycles. The summed E-state index contributed by atoms with van der Waals surface area (Å²) in [6.07, 6.45) is 3.67. The lowest BCUT2D eigenvalue weighted by molar-refractivity contribution is -0.144. The van der Waals surface area contributed by atoms with Crippen LogP contribution in [0.2, 0.25) is 0 Å². The second-order valence-electron chi connectivity index (χ2n) is 7.24. The van der Waals surface area contributed by atoms with E-state index in [4.69, 9.17) is 0 Å².